The summed E-state index contributed by atoms with van der Waals surface area (Å²) in [5.74, 6) is 0. The molecular weight excluding hydrogens is 234 g/mol. The molecule has 4 heterocycles. The van der Waals surface area contributed by atoms with Gasteiger partial charge in [0.2, 0.25) is 0 Å². The third-order valence-electron chi connectivity index (χ3n) is 3.51. The summed E-state index contributed by atoms with van der Waals surface area (Å²) in [4.78, 5) is 0. The topological polar surface area (TPSA) is 76.3 Å². The van der Waals surface area contributed by atoms with Crippen molar-refractivity contribution in [2.45, 2.75) is 37.6 Å². The average Bonchev–Trinajstić information content (AvgIpc) is 3.22. The summed E-state index contributed by atoms with van der Waals surface area (Å²) in [7, 11) is 0. The third kappa shape index (κ3) is 2.50. The molecule has 1 aromatic heterocycles. The molecule has 0 aliphatic carbocycles. The molecule has 18 heavy (non-hydrogen) atoms. The van der Waals surface area contributed by atoms with Crippen molar-refractivity contribution in [3.05, 3.63) is 17.0 Å². The van der Waals surface area contributed by atoms with E-state index < -0.39 is 0 Å². The smallest absolute Gasteiger partial charge is 0.0866 e. The Morgan fingerprint density at radius 3 is 1.67 bits per heavy atom. The van der Waals surface area contributed by atoms with Gasteiger partial charge in [-0.2, -0.15) is 0 Å². The van der Waals surface area contributed by atoms with Crippen LogP contribution < -0.4 is 0 Å². The quantitative estimate of drug-likeness (QED) is 0.644. The monoisotopic (exact) mass is 249 g/mol. The van der Waals surface area contributed by atoms with Crippen LogP contribution in [0.5, 0.6) is 0 Å². The SMILES string of the molecule is C1OC1Cc1nnnc(CC2CO2)c1CC1CO1. The second-order valence-electron chi connectivity index (χ2n) is 5.14. The standard InChI is InChI=1S/C12H15N3O3/c1(7-4-16-7)10-11(2-8-5-17-8)13-15-14-12(10)3-9-6-18-9/h7-9H,1-6H2. The fourth-order valence-corrected chi connectivity index (χ4v) is 2.20. The second-order valence-corrected chi connectivity index (χ2v) is 5.14. The van der Waals surface area contributed by atoms with Crippen LogP contribution in [0.4, 0.5) is 0 Å². The molecule has 3 aliphatic rings. The van der Waals surface area contributed by atoms with Crippen molar-refractivity contribution < 1.29 is 14.2 Å². The lowest BCUT2D eigenvalue weighted by Gasteiger charge is -2.09. The van der Waals surface area contributed by atoms with E-state index in [1.807, 2.05) is 0 Å². The van der Waals surface area contributed by atoms with E-state index in [9.17, 15) is 0 Å². The predicted octanol–water partition coefficient (Wildman–Crippen LogP) is -0.305. The van der Waals surface area contributed by atoms with Gasteiger partial charge < -0.3 is 14.2 Å². The Kier molecular flexibility index (Phi) is 2.53. The van der Waals surface area contributed by atoms with Gasteiger partial charge >= 0.3 is 0 Å². The van der Waals surface area contributed by atoms with Gasteiger partial charge in [-0.3, -0.25) is 0 Å². The minimum atomic E-state index is 0.325. The van der Waals surface area contributed by atoms with E-state index in [1.54, 1.807) is 0 Å². The molecule has 3 unspecified atom stereocenters. The lowest BCUT2D eigenvalue weighted by atomic mass is 10.0. The van der Waals surface area contributed by atoms with Gasteiger partial charge in [0.1, 0.15) is 0 Å². The molecule has 3 saturated heterocycles. The highest BCUT2D eigenvalue weighted by atomic mass is 16.6. The van der Waals surface area contributed by atoms with Crippen LogP contribution in [0.1, 0.15) is 17.0 Å². The van der Waals surface area contributed by atoms with Gasteiger partial charge in [0.05, 0.1) is 49.5 Å². The number of epoxide rings is 3. The van der Waals surface area contributed by atoms with Gasteiger partial charge in [0, 0.05) is 24.8 Å². The van der Waals surface area contributed by atoms with E-state index in [1.165, 1.54) is 5.56 Å². The minimum Gasteiger partial charge on any atom is -0.373 e. The molecule has 6 heteroatoms. The average molecular weight is 249 g/mol. The molecule has 0 N–H and O–H groups in total. The fourth-order valence-electron chi connectivity index (χ4n) is 2.20. The number of hydrogen-bond donors (Lipinski definition) is 0. The number of hydrogen-bond acceptors (Lipinski definition) is 6. The van der Waals surface area contributed by atoms with E-state index in [0.717, 1.165) is 50.5 Å². The van der Waals surface area contributed by atoms with Crippen molar-refractivity contribution in [1.29, 1.82) is 0 Å². The van der Waals surface area contributed by atoms with Crippen molar-refractivity contribution in [2.24, 2.45) is 0 Å². The lowest BCUT2D eigenvalue weighted by Crippen LogP contribution is -2.14. The molecule has 0 bridgehead atoms. The zero-order valence-electron chi connectivity index (χ0n) is 10.0. The lowest BCUT2D eigenvalue weighted by molar-refractivity contribution is 0.393. The van der Waals surface area contributed by atoms with Crippen LogP contribution in [-0.2, 0) is 33.5 Å². The van der Waals surface area contributed by atoms with Gasteiger partial charge in [0.25, 0.3) is 0 Å². The summed E-state index contributed by atoms with van der Waals surface area (Å²) in [6.45, 7) is 2.52. The molecule has 0 amide bonds. The van der Waals surface area contributed by atoms with Crippen LogP contribution in [0, 0.1) is 0 Å². The third-order valence-corrected chi connectivity index (χ3v) is 3.51. The first-order chi connectivity index (χ1) is 8.88. The summed E-state index contributed by atoms with van der Waals surface area (Å²) in [5.41, 5.74) is 3.26. The molecule has 0 saturated carbocycles. The van der Waals surface area contributed by atoms with Crippen molar-refractivity contribution in [3.8, 4) is 0 Å². The van der Waals surface area contributed by atoms with Gasteiger partial charge in [-0.25, -0.2) is 0 Å². The molecule has 0 aromatic carbocycles. The van der Waals surface area contributed by atoms with Crippen LogP contribution in [-0.4, -0.2) is 53.5 Å². The van der Waals surface area contributed by atoms with E-state index in [2.05, 4.69) is 15.4 Å². The predicted molar refractivity (Wildman–Crippen MR) is 60.2 cm³/mol. The molecular formula is C12H15N3O3. The molecule has 1 aromatic rings. The second kappa shape index (κ2) is 4.22. The first kappa shape index (κ1) is 10.8. The highest BCUT2D eigenvalue weighted by Gasteiger charge is 2.32. The molecule has 6 nitrogen and oxygen atoms in total. The number of ether oxygens (including phenoxy) is 3. The van der Waals surface area contributed by atoms with Crippen LogP contribution >= 0.6 is 0 Å². The Morgan fingerprint density at radius 1 is 0.778 bits per heavy atom. The first-order valence-electron chi connectivity index (χ1n) is 6.43. The molecule has 0 radical (unpaired) electrons. The Morgan fingerprint density at radius 2 is 1.22 bits per heavy atom. The summed E-state index contributed by atoms with van der Waals surface area (Å²) in [6, 6.07) is 0. The van der Waals surface area contributed by atoms with Gasteiger partial charge in [0.15, 0.2) is 0 Å². The number of nitrogens with zero attached hydrogens (tertiary/aromatic N) is 3. The van der Waals surface area contributed by atoms with E-state index in [-0.39, 0.29) is 0 Å². The van der Waals surface area contributed by atoms with E-state index in [0.29, 0.717) is 18.3 Å². The zero-order chi connectivity index (χ0) is 11.9. The molecule has 96 valence electrons. The minimum absolute atomic E-state index is 0.325. The normalized spacial score (nSPS) is 32.3. The Labute approximate surface area is 105 Å². The van der Waals surface area contributed by atoms with E-state index >= 15 is 0 Å². The van der Waals surface area contributed by atoms with Crippen molar-refractivity contribution >= 4 is 0 Å². The van der Waals surface area contributed by atoms with E-state index in [4.69, 9.17) is 14.2 Å². The highest BCUT2D eigenvalue weighted by Crippen LogP contribution is 2.25. The van der Waals surface area contributed by atoms with Gasteiger partial charge in [-0.15, -0.1) is 10.2 Å². The van der Waals surface area contributed by atoms with Crippen LogP contribution in [0.15, 0.2) is 0 Å². The molecule has 4 rings (SSSR count). The molecule has 3 fully saturated rings. The molecule has 3 atom stereocenters. The fraction of sp³-hybridized carbons (Fsp3) is 0.750. The van der Waals surface area contributed by atoms with Crippen molar-refractivity contribution in [1.82, 2.24) is 15.4 Å². The Hall–Kier alpha value is -1.11. The first-order valence-corrected chi connectivity index (χ1v) is 6.43. The molecule has 0 spiro atoms. The number of rotatable bonds is 6. The van der Waals surface area contributed by atoms with Crippen molar-refractivity contribution in [3.63, 3.8) is 0 Å². The Balaban J connectivity index is 1.60. The van der Waals surface area contributed by atoms with Gasteiger partial charge in [-0.1, -0.05) is 0 Å². The van der Waals surface area contributed by atoms with Crippen LogP contribution in [0.2, 0.25) is 0 Å². The zero-order valence-corrected chi connectivity index (χ0v) is 10.0. The molecule has 3 aliphatic heterocycles. The summed E-state index contributed by atoms with van der Waals surface area (Å²) < 4.78 is 15.9. The Bertz CT molecular complexity index is 424. The largest absolute Gasteiger partial charge is 0.373 e. The maximum atomic E-state index is 5.33. The van der Waals surface area contributed by atoms with Crippen LogP contribution in [0.25, 0.3) is 0 Å². The summed E-state index contributed by atoms with van der Waals surface area (Å²) in [6.07, 6.45) is 3.57. The van der Waals surface area contributed by atoms with Crippen molar-refractivity contribution in [2.75, 3.05) is 19.8 Å². The highest BCUT2D eigenvalue weighted by molar-refractivity contribution is 5.27. The summed E-state index contributed by atoms with van der Waals surface area (Å²) >= 11 is 0. The van der Waals surface area contributed by atoms with Crippen LogP contribution in [0.3, 0.4) is 0 Å². The summed E-state index contributed by atoms with van der Waals surface area (Å²) in [5, 5.41) is 12.3. The number of aromatic nitrogens is 3. The maximum Gasteiger partial charge on any atom is 0.0866 e. The van der Waals surface area contributed by atoms with Gasteiger partial charge in [-0.05, 0) is 5.21 Å². The maximum absolute atomic E-state index is 5.33.